The highest BCUT2D eigenvalue weighted by Gasteiger charge is 2.16. The Balaban J connectivity index is 0.00000220. The van der Waals surface area contributed by atoms with Gasteiger partial charge < -0.3 is 11.5 Å². The van der Waals surface area contributed by atoms with Crippen LogP contribution in [0.4, 0.5) is 20.2 Å². The van der Waals surface area contributed by atoms with Crippen LogP contribution in [0.15, 0.2) is 30.3 Å². The zero-order valence-corrected chi connectivity index (χ0v) is 12.3. The highest BCUT2D eigenvalue weighted by atomic mass is 35.5. The molecule has 21 heavy (non-hydrogen) atoms. The van der Waals surface area contributed by atoms with Crippen molar-refractivity contribution in [1.82, 2.24) is 0 Å². The van der Waals surface area contributed by atoms with Gasteiger partial charge in [0.25, 0.3) is 0 Å². The van der Waals surface area contributed by atoms with E-state index in [0.717, 1.165) is 6.07 Å². The van der Waals surface area contributed by atoms with Gasteiger partial charge >= 0.3 is 0 Å². The molecule has 0 heterocycles. The molecule has 0 amide bonds. The fraction of sp³-hybridized carbons (Fsp3) is 0.0714. The van der Waals surface area contributed by atoms with E-state index in [-0.39, 0.29) is 35.0 Å². The van der Waals surface area contributed by atoms with Crippen molar-refractivity contribution in [2.75, 3.05) is 11.5 Å². The maximum absolute atomic E-state index is 13.7. The van der Waals surface area contributed by atoms with Gasteiger partial charge in [-0.15, -0.1) is 12.4 Å². The lowest BCUT2D eigenvalue weighted by Gasteiger charge is -2.07. The average Bonchev–Trinajstić information content (AvgIpc) is 2.42. The number of ketones is 1. The van der Waals surface area contributed by atoms with Crippen LogP contribution >= 0.6 is 24.0 Å². The summed E-state index contributed by atoms with van der Waals surface area (Å²) in [4.78, 5) is 12.1. The second kappa shape index (κ2) is 6.74. The fourth-order valence-electron chi connectivity index (χ4n) is 1.78. The van der Waals surface area contributed by atoms with Gasteiger partial charge in [0, 0.05) is 17.7 Å². The third kappa shape index (κ3) is 3.62. The van der Waals surface area contributed by atoms with E-state index >= 15 is 0 Å². The van der Waals surface area contributed by atoms with Crippen LogP contribution in [0, 0.1) is 11.6 Å². The Morgan fingerprint density at radius 1 is 1.14 bits per heavy atom. The van der Waals surface area contributed by atoms with E-state index in [1.807, 2.05) is 0 Å². The van der Waals surface area contributed by atoms with Crippen LogP contribution in [-0.4, -0.2) is 5.78 Å². The number of halogens is 4. The Labute approximate surface area is 131 Å². The summed E-state index contributed by atoms with van der Waals surface area (Å²) >= 11 is 5.90. The molecule has 0 unspecified atom stereocenters. The van der Waals surface area contributed by atoms with Crippen LogP contribution in [0.2, 0.25) is 5.02 Å². The number of anilines is 2. The molecule has 4 N–H and O–H groups in total. The molecule has 0 saturated carbocycles. The van der Waals surface area contributed by atoms with E-state index in [4.69, 9.17) is 23.1 Å². The van der Waals surface area contributed by atoms with Crippen molar-refractivity contribution in [3.8, 4) is 0 Å². The zero-order chi connectivity index (χ0) is 14.9. The summed E-state index contributed by atoms with van der Waals surface area (Å²) in [7, 11) is 0. The summed E-state index contributed by atoms with van der Waals surface area (Å²) in [5.41, 5.74) is 10.8. The molecule has 0 aliphatic heterocycles. The summed E-state index contributed by atoms with van der Waals surface area (Å²) in [6.45, 7) is 0. The minimum Gasteiger partial charge on any atom is -0.399 e. The van der Waals surface area contributed by atoms with Crippen LogP contribution in [-0.2, 0) is 6.42 Å². The molecule has 3 nitrogen and oxygen atoms in total. The summed E-state index contributed by atoms with van der Waals surface area (Å²) in [5, 5.41) is 0.222. The van der Waals surface area contributed by atoms with Crippen molar-refractivity contribution in [3.05, 3.63) is 58.1 Å². The maximum atomic E-state index is 13.7. The lowest BCUT2D eigenvalue weighted by Crippen LogP contribution is -2.08. The van der Waals surface area contributed by atoms with Gasteiger partial charge in [-0.25, -0.2) is 8.78 Å². The third-order valence-corrected chi connectivity index (χ3v) is 3.18. The van der Waals surface area contributed by atoms with Gasteiger partial charge in [0.1, 0.15) is 11.5 Å². The molecule has 0 aromatic heterocycles. The van der Waals surface area contributed by atoms with Crippen molar-refractivity contribution < 1.29 is 13.6 Å². The third-order valence-electron chi connectivity index (χ3n) is 2.85. The van der Waals surface area contributed by atoms with Gasteiger partial charge in [0.05, 0.1) is 5.02 Å². The molecular weight excluding hydrogens is 321 g/mol. The maximum Gasteiger partial charge on any atom is 0.168 e. The molecule has 0 aliphatic carbocycles. The highest BCUT2D eigenvalue weighted by molar-refractivity contribution is 6.34. The molecule has 2 aromatic rings. The van der Waals surface area contributed by atoms with Crippen molar-refractivity contribution in [2.24, 2.45) is 0 Å². The number of hydrogen-bond acceptors (Lipinski definition) is 3. The zero-order valence-electron chi connectivity index (χ0n) is 10.7. The second-order valence-corrected chi connectivity index (χ2v) is 4.68. The van der Waals surface area contributed by atoms with Crippen LogP contribution in [0.5, 0.6) is 0 Å². The van der Waals surface area contributed by atoms with Gasteiger partial charge in [-0.3, -0.25) is 4.79 Å². The Kier molecular flexibility index (Phi) is 5.52. The number of Topliss-reactive ketones (excluding diaryl/α,β-unsaturated/α-hetero) is 1. The molecule has 112 valence electrons. The summed E-state index contributed by atoms with van der Waals surface area (Å²) in [6.07, 6.45) is -0.278. The number of nitrogens with two attached hydrogens (primary N) is 2. The molecule has 0 aliphatic rings. The SMILES string of the molecule is Cl.Nc1ccc(Cl)c(C(=O)Cc2ccc(F)c(N)c2F)c1. The predicted molar refractivity (Wildman–Crippen MR) is 81.9 cm³/mol. The molecule has 0 bridgehead atoms. The van der Waals surface area contributed by atoms with E-state index in [9.17, 15) is 13.6 Å². The monoisotopic (exact) mass is 332 g/mol. The molecule has 0 saturated heterocycles. The number of carbonyl (C=O) groups is 1. The van der Waals surface area contributed by atoms with Crippen molar-refractivity contribution in [3.63, 3.8) is 0 Å². The fourth-order valence-corrected chi connectivity index (χ4v) is 2.00. The summed E-state index contributed by atoms with van der Waals surface area (Å²) < 4.78 is 26.8. The highest BCUT2D eigenvalue weighted by Crippen LogP contribution is 2.23. The topological polar surface area (TPSA) is 69.1 Å². The first-order valence-corrected chi connectivity index (χ1v) is 6.08. The quantitative estimate of drug-likeness (QED) is 0.666. The summed E-state index contributed by atoms with van der Waals surface area (Å²) in [5.74, 6) is -2.22. The number of rotatable bonds is 3. The molecular formula is C14H12Cl2F2N2O. The normalized spacial score (nSPS) is 10.0. The van der Waals surface area contributed by atoms with Gasteiger partial charge in [0.2, 0.25) is 0 Å². The Bertz CT molecular complexity index is 693. The van der Waals surface area contributed by atoms with Gasteiger partial charge in [-0.2, -0.15) is 0 Å². The molecule has 0 atom stereocenters. The van der Waals surface area contributed by atoms with Gasteiger partial charge in [-0.1, -0.05) is 17.7 Å². The van der Waals surface area contributed by atoms with Crippen LogP contribution in [0.1, 0.15) is 15.9 Å². The van der Waals surface area contributed by atoms with Gasteiger partial charge in [-0.05, 0) is 29.8 Å². The van der Waals surface area contributed by atoms with Crippen LogP contribution < -0.4 is 11.5 Å². The van der Waals surface area contributed by atoms with Crippen molar-refractivity contribution in [2.45, 2.75) is 6.42 Å². The first kappa shape index (κ1) is 17.2. The first-order valence-electron chi connectivity index (χ1n) is 5.70. The largest absolute Gasteiger partial charge is 0.399 e. The number of nitrogen functional groups attached to an aromatic ring is 2. The Hall–Kier alpha value is -1.85. The van der Waals surface area contributed by atoms with E-state index in [2.05, 4.69) is 0 Å². The number of carbonyl (C=O) groups excluding carboxylic acids is 1. The lowest BCUT2D eigenvalue weighted by atomic mass is 10.0. The van der Waals surface area contributed by atoms with Crippen LogP contribution in [0.25, 0.3) is 0 Å². The van der Waals surface area contributed by atoms with E-state index in [1.54, 1.807) is 6.07 Å². The molecule has 7 heteroatoms. The van der Waals surface area contributed by atoms with Crippen molar-refractivity contribution in [1.29, 1.82) is 0 Å². The standard InChI is InChI=1S/C14H11ClF2N2O.ClH/c15-10-3-2-8(18)6-9(10)12(20)5-7-1-4-11(16)14(19)13(7)17;/h1-4,6H,5,18-19H2;1H. The second-order valence-electron chi connectivity index (χ2n) is 4.27. The molecule has 2 aromatic carbocycles. The van der Waals surface area contributed by atoms with Gasteiger partial charge in [0.15, 0.2) is 11.6 Å². The Morgan fingerprint density at radius 3 is 2.48 bits per heavy atom. The number of benzene rings is 2. The van der Waals surface area contributed by atoms with Crippen molar-refractivity contribution >= 4 is 41.2 Å². The molecule has 0 spiro atoms. The smallest absolute Gasteiger partial charge is 0.168 e. The molecule has 0 fully saturated rings. The van der Waals surface area contributed by atoms with E-state index in [1.165, 1.54) is 18.2 Å². The van der Waals surface area contributed by atoms with Crippen LogP contribution in [0.3, 0.4) is 0 Å². The Morgan fingerprint density at radius 2 is 1.81 bits per heavy atom. The average molecular weight is 333 g/mol. The minimum absolute atomic E-state index is 0. The number of hydrogen-bond donors (Lipinski definition) is 2. The van der Waals surface area contributed by atoms with E-state index in [0.29, 0.717) is 5.69 Å². The molecule has 2 rings (SSSR count). The molecule has 0 radical (unpaired) electrons. The summed E-state index contributed by atoms with van der Waals surface area (Å²) in [6, 6.07) is 6.64. The minimum atomic E-state index is -0.932. The first-order chi connectivity index (χ1) is 9.40. The predicted octanol–water partition coefficient (Wildman–Crippen LogP) is 3.63. The lowest BCUT2D eigenvalue weighted by molar-refractivity contribution is 0.0992. The van der Waals surface area contributed by atoms with E-state index < -0.39 is 23.1 Å².